The van der Waals surface area contributed by atoms with Gasteiger partial charge < -0.3 is 0 Å². The maximum absolute atomic E-state index is 11.8. The molecular formula is C12H11IN2O. The number of Topliss-reactive ketones (excluding diaryl/α,β-unsaturated/α-hetero) is 1. The number of para-hydroxylation sites is 1. The summed E-state index contributed by atoms with van der Waals surface area (Å²) in [6.45, 7) is 1.87. The van der Waals surface area contributed by atoms with E-state index in [0.717, 1.165) is 14.8 Å². The Morgan fingerprint density at radius 2 is 2.19 bits per heavy atom. The molecule has 82 valence electrons. The van der Waals surface area contributed by atoms with Crippen LogP contribution in [0.15, 0.2) is 36.7 Å². The molecule has 0 unspecified atom stereocenters. The molecule has 2 rings (SSSR count). The Morgan fingerprint density at radius 1 is 1.44 bits per heavy atom. The van der Waals surface area contributed by atoms with Gasteiger partial charge in [-0.05, 0) is 34.7 Å². The summed E-state index contributed by atoms with van der Waals surface area (Å²) in [5, 5.41) is 4.22. The van der Waals surface area contributed by atoms with Gasteiger partial charge in [-0.1, -0.05) is 19.1 Å². The summed E-state index contributed by atoms with van der Waals surface area (Å²) < 4.78 is 2.79. The normalized spacial score (nSPS) is 10.4. The van der Waals surface area contributed by atoms with Crippen LogP contribution in [0.5, 0.6) is 0 Å². The smallest absolute Gasteiger partial charge is 0.164 e. The minimum Gasteiger partial charge on any atom is -0.294 e. The van der Waals surface area contributed by atoms with Crippen molar-refractivity contribution in [2.45, 2.75) is 13.3 Å². The van der Waals surface area contributed by atoms with Gasteiger partial charge in [-0.15, -0.1) is 0 Å². The molecule has 0 spiro atoms. The van der Waals surface area contributed by atoms with Crippen molar-refractivity contribution in [1.29, 1.82) is 0 Å². The number of carbonyl (C=O) groups is 1. The zero-order valence-electron chi connectivity index (χ0n) is 8.85. The van der Waals surface area contributed by atoms with Crippen molar-refractivity contribution in [3.05, 3.63) is 45.8 Å². The third-order valence-electron chi connectivity index (χ3n) is 2.32. The number of rotatable bonds is 3. The van der Waals surface area contributed by atoms with E-state index in [0.29, 0.717) is 6.42 Å². The zero-order chi connectivity index (χ0) is 11.5. The molecule has 0 saturated heterocycles. The van der Waals surface area contributed by atoms with E-state index < -0.39 is 0 Å². The molecule has 0 bridgehead atoms. The predicted octanol–water partition coefficient (Wildman–Crippen LogP) is 3.07. The summed E-state index contributed by atoms with van der Waals surface area (Å²) in [5.41, 5.74) is 1.57. The first-order valence-electron chi connectivity index (χ1n) is 5.05. The van der Waals surface area contributed by atoms with E-state index >= 15 is 0 Å². The first-order valence-corrected chi connectivity index (χ1v) is 6.13. The Bertz CT molecular complexity index is 519. The topological polar surface area (TPSA) is 34.9 Å². The molecule has 2 aromatic rings. The highest BCUT2D eigenvalue weighted by Crippen LogP contribution is 2.16. The summed E-state index contributed by atoms with van der Waals surface area (Å²) in [6.07, 6.45) is 4.19. The Morgan fingerprint density at radius 3 is 2.81 bits per heavy atom. The van der Waals surface area contributed by atoms with Gasteiger partial charge in [-0.2, -0.15) is 5.10 Å². The van der Waals surface area contributed by atoms with Crippen LogP contribution in [0.25, 0.3) is 5.69 Å². The average molecular weight is 326 g/mol. The van der Waals surface area contributed by atoms with Crippen LogP contribution in [-0.2, 0) is 0 Å². The Kier molecular flexibility index (Phi) is 3.38. The lowest BCUT2D eigenvalue weighted by molar-refractivity contribution is 0.0988. The highest BCUT2D eigenvalue weighted by molar-refractivity contribution is 14.1. The van der Waals surface area contributed by atoms with Crippen LogP contribution in [0.1, 0.15) is 23.7 Å². The van der Waals surface area contributed by atoms with Gasteiger partial charge in [0.1, 0.15) is 0 Å². The van der Waals surface area contributed by atoms with Gasteiger partial charge in [0.2, 0.25) is 0 Å². The lowest BCUT2D eigenvalue weighted by atomic mass is 10.1. The van der Waals surface area contributed by atoms with Crippen molar-refractivity contribution in [2.24, 2.45) is 0 Å². The van der Waals surface area contributed by atoms with Gasteiger partial charge in [-0.3, -0.25) is 4.79 Å². The summed E-state index contributed by atoms with van der Waals surface area (Å²) in [6, 6.07) is 7.54. The third kappa shape index (κ3) is 2.16. The quantitative estimate of drug-likeness (QED) is 0.642. The molecule has 1 aromatic heterocycles. The van der Waals surface area contributed by atoms with Crippen LogP contribution in [0.2, 0.25) is 0 Å². The van der Waals surface area contributed by atoms with E-state index in [1.54, 1.807) is 10.9 Å². The van der Waals surface area contributed by atoms with E-state index in [4.69, 9.17) is 0 Å². The first kappa shape index (κ1) is 11.3. The van der Waals surface area contributed by atoms with E-state index in [1.807, 2.05) is 37.4 Å². The minimum absolute atomic E-state index is 0.140. The maximum Gasteiger partial charge on any atom is 0.164 e. The standard InChI is InChI=1S/C12H11IN2O/c1-2-12(16)10-5-3-4-6-11(10)15-8-9(13)7-14-15/h3-8H,2H2,1H3. The fraction of sp³-hybridized carbons (Fsp3) is 0.167. The summed E-state index contributed by atoms with van der Waals surface area (Å²) in [7, 11) is 0. The van der Waals surface area contributed by atoms with Crippen LogP contribution in [0.4, 0.5) is 0 Å². The number of hydrogen-bond donors (Lipinski definition) is 0. The van der Waals surface area contributed by atoms with Gasteiger partial charge in [0, 0.05) is 18.2 Å². The molecule has 16 heavy (non-hydrogen) atoms. The largest absolute Gasteiger partial charge is 0.294 e. The number of aromatic nitrogens is 2. The predicted molar refractivity (Wildman–Crippen MR) is 70.9 cm³/mol. The van der Waals surface area contributed by atoms with Crippen molar-refractivity contribution < 1.29 is 4.79 Å². The lowest BCUT2D eigenvalue weighted by Crippen LogP contribution is -2.05. The average Bonchev–Trinajstić information content (AvgIpc) is 2.75. The van der Waals surface area contributed by atoms with Crippen LogP contribution >= 0.6 is 22.6 Å². The SMILES string of the molecule is CCC(=O)c1ccccc1-n1cc(I)cn1. The molecule has 0 aliphatic carbocycles. The molecule has 4 heteroatoms. The van der Waals surface area contributed by atoms with Crippen LogP contribution in [0.3, 0.4) is 0 Å². The van der Waals surface area contributed by atoms with Crippen molar-refractivity contribution in [2.75, 3.05) is 0 Å². The Balaban J connectivity index is 2.52. The molecule has 1 heterocycles. The molecule has 0 aliphatic heterocycles. The molecule has 0 radical (unpaired) electrons. The number of halogens is 1. The number of carbonyl (C=O) groups excluding carboxylic acids is 1. The number of nitrogens with zero attached hydrogens (tertiary/aromatic N) is 2. The van der Waals surface area contributed by atoms with Crippen LogP contribution < -0.4 is 0 Å². The fourth-order valence-electron chi connectivity index (χ4n) is 1.53. The van der Waals surface area contributed by atoms with E-state index in [-0.39, 0.29) is 5.78 Å². The molecule has 0 amide bonds. The number of ketones is 1. The maximum atomic E-state index is 11.8. The summed E-state index contributed by atoms with van der Waals surface area (Å²) >= 11 is 2.20. The van der Waals surface area contributed by atoms with Gasteiger partial charge in [-0.25, -0.2) is 4.68 Å². The second kappa shape index (κ2) is 4.78. The Hall–Kier alpha value is -1.17. The van der Waals surface area contributed by atoms with Crippen LogP contribution in [0, 0.1) is 3.57 Å². The van der Waals surface area contributed by atoms with Crippen molar-refractivity contribution in [1.82, 2.24) is 9.78 Å². The van der Waals surface area contributed by atoms with E-state index in [9.17, 15) is 4.79 Å². The zero-order valence-corrected chi connectivity index (χ0v) is 11.0. The van der Waals surface area contributed by atoms with Crippen molar-refractivity contribution in [3.63, 3.8) is 0 Å². The first-order chi connectivity index (χ1) is 7.72. The number of benzene rings is 1. The lowest BCUT2D eigenvalue weighted by Gasteiger charge is -2.07. The van der Waals surface area contributed by atoms with E-state index in [2.05, 4.69) is 27.7 Å². The van der Waals surface area contributed by atoms with Gasteiger partial charge in [0.25, 0.3) is 0 Å². The summed E-state index contributed by atoms with van der Waals surface area (Å²) in [5.74, 6) is 0.140. The molecule has 0 aliphatic rings. The van der Waals surface area contributed by atoms with Gasteiger partial charge >= 0.3 is 0 Å². The Labute approximate surface area is 108 Å². The van der Waals surface area contributed by atoms with Crippen molar-refractivity contribution >= 4 is 28.4 Å². The van der Waals surface area contributed by atoms with Crippen molar-refractivity contribution in [3.8, 4) is 5.69 Å². The monoisotopic (exact) mass is 326 g/mol. The second-order valence-corrected chi connectivity index (χ2v) is 4.64. The molecule has 1 aromatic carbocycles. The highest BCUT2D eigenvalue weighted by atomic mass is 127. The molecule has 0 fully saturated rings. The summed E-state index contributed by atoms with van der Waals surface area (Å²) in [4.78, 5) is 11.8. The molecule has 0 saturated carbocycles. The van der Waals surface area contributed by atoms with Gasteiger partial charge in [0.15, 0.2) is 5.78 Å². The highest BCUT2D eigenvalue weighted by Gasteiger charge is 2.10. The molecular weight excluding hydrogens is 315 g/mol. The third-order valence-corrected chi connectivity index (χ3v) is 2.88. The molecule has 0 atom stereocenters. The number of hydrogen-bond acceptors (Lipinski definition) is 2. The fourth-order valence-corrected chi connectivity index (χ4v) is 1.92. The molecule has 0 N–H and O–H groups in total. The van der Waals surface area contributed by atoms with Crippen LogP contribution in [-0.4, -0.2) is 15.6 Å². The van der Waals surface area contributed by atoms with Gasteiger partial charge in [0.05, 0.1) is 15.5 Å². The second-order valence-electron chi connectivity index (χ2n) is 3.40. The minimum atomic E-state index is 0.140. The molecule has 3 nitrogen and oxygen atoms in total. The van der Waals surface area contributed by atoms with E-state index in [1.165, 1.54) is 0 Å².